The van der Waals surface area contributed by atoms with E-state index < -0.39 is 18.7 Å². The average Bonchev–Trinajstić information content (AvgIpc) is 2.77. The number of halogens is 3. The zero-order valence-corrected chi connectivity index (χ0v) is 20.2. The number of carbonyl (C=O) groups is 1. The molecule has 0 radical (unpaired) electrons. The zero-order valence-electron chi connectivity index (χ0n) is 20.2. The third-order valence-corrected chi connectivity index (χ3v) is 7.35. The van der Waals surface area contributed by atoms with E-state index in [1.165, 1.54) is 50.0 Å². The molecule has 2 heterocycles. The van der Waals surface area contributed by atoms with E-state index >= 15 is 0 Å². The molecule has 4 rings (SSSR count). The molecule has 2 aromatic heterocycles. The smallest absolute Gasteiger partial charge is 0.422 e. The van der Waals surface area contributed by atoms with Crippen LogP contribution in [0, 0.1) is 23.2 Å². The maximum atomic E-state index is 12.8. The van der Waals surface area contributed by atoms with Gasteiger partial charge >= 0.3 is 6.18 Å². The van der Waals surface area contributed by atoms with E-state index in [4.69, 9.17) is 4.74 Å². The lowest BCUT2D eigenvalue weighted by atomic mass is 9.57. The Bertz CT molecular complexity index is 1030. The Hall–Kier alpha value is -2.91. The van der Waals surface area contributed by atoms with Crippen LogP contribution in [-0.2, 0) is 0 Å². The van der Waals surface area contributed by atoms with Gasteiger partial charge in [0, 0.05) is 24.5 Å². The maximum Gasteiger partial charge on any atom is 0.422 e. The van der Waals surface area contributed by atoms with Crippen molar-refractivity contribution in [3.63, 3.8) is 0 Å². The van der Waals surface area contributed by atoms with Gasteiger partial charge in [-0.2, -0.15) is 13.2 Å². The lowest BCUT2D eigenvalue weighted by molar-refractivity contribution is -0.153. The molecule has 2 aliphatic carbocycles. The van der Waals surface area contributed by atoms with Crippen LogP contribution in [0.5, 0.6) is 5.75 Å². The van der Waals surface area contributed by atoms with E-state index in [9.17, 15) is 18.0 Å². The fourth-order valence-corrected chi connectivity index (χ4v) is 5.86. The zero-order chi connectivity index (χ0) is 25.2. The number of hydrogen-bond donors (Lipinski definition) is 2. The number of hydrogen-bond acceptors (Lipinski definition) is 6. The Labute approximate surface area is 203 Å². The number of amides is 1. The molecule has 3 atom stereocenters. The fraction of sp³-hybridized carbons (Fsp3) is 0.600. The highest BCUT2D eigenvalue weighted by Gasteiger charge is 2.44. The first-order valence-corrected chi connectivity index (χ1v) is 12.1. The minimum Gasteiger partial charge on any atom is -0.482 e. The summed E-state index contributed by atoms with van der Waals surface area (Å²) in [6.45, 7) is 5.34. The predicted octanol–water partition coefficient (Wildman–Crippen LogP) is 5.72. The Balaban J connectivity index is 1.42. The molecule has 0 saturated heterocycles. The van der Waals surface area contributed by atoms with Gasteiger partial charge in [-0.15, -0.1) is 0 Å². The molecule has 1 amide bonds. The van der Waals surface area contributed by atoms with E-state index in [2.05, 4.69) is 46.4 Å². The second-order valence-electron chi connectivity index (χ2n) is 10.5. The van der Waals surface area contributed by atoms with Crippen LogP contribution in [0.2, 0.25) is 0 Å². The number of fused-ring (bicyclic) bond motifs is 2. The summed E-state index contributed by atoms with van der Waals surface area (Å²) in [7, 11) is 0. The van der Waals surface area contributed by atoms with Crippen LogP contribution < -0.4 is 15.4 Å². The first kappa shape index (κ1) is 25.2. The van der Waals surface area contributed by atoms with E-state index in [-0.39, 0.29) is 28.6 Å². The summed E-state index contributed by atoms with van der Waals surface area (Å²) in [5.74, 6) is 1.91. The Morgan fingerprint density at radius 2 is 1.91 bits per heavy atom. The van der Waals surface area contributed by atoms with Gasteiger partial charge in [0.2, 0.25) is 5.95 Å². The molecular weight excluding hydrogens is 459 g/mol. The number of nitrogens with one attached hydrogen (secondary N) is 2. The molecule has 3 unspecified atom stereocenters. The number of alkyl halides is 3. The van der Waals surface area contributed by atoms with Crippen LogP contribution in [0.3, 0.4) is 0 Å². The summed E-state index contributed by atoms with van der Waals surface area (Å²) in [6, 6.07) is 2.82. The van der Waals surface area contributed by atoms with Crippen molar-refractivity contribution in [3.8, 4) is 5.75 Å². The standard InChI is InChI=1S/C25H32F3N5O2/c1-15-8-17-10-18(9-15)12-24(3,11-17)16(2)31-23-30-7-4-19(33-23)22(34)32-20-13-29-6-5-21(20)35-14-25(26,27)28/h4-7,13,15-18H,8-12,14H2,1-3H3,(H,32,34)(H,30,31,33). The minimum absolute atomic E-state index is 0.0266. The van der Waals surface area contributed by atoms with E-state index in [1.54, 1.807) is 0 Å². The van der Waals surface area contributed by atoms with E-state index in [1.807, 2.05) is 0 Å². The minimum atomic E-state index is -4.50. The molecular formula is C25H32F3N5O2. The topological polar surface area (TPSA) is 89.0 Å². The molecule has 35 heavy (non-hydrogen) atoms. The van der Waals surface area contributed by atoms with Gasteiger partial charge in [0.1, 0.15) is 17.1 Å². The predicted molar refractivity (Wildman–Crippen MR) is 126 cm³/mol. The van der Waals surface area contributed by atoms with Crippen LogP contribution in [0.1, 0.15) is 63.4 Å². The fourth-order valence-electron chi connectivity index (χ4n) is 5.86. The van der Waals surface area contributed by atoms with Gasteiger partial charge in [-0.3, -0.25) is 9.78 Å². The van der Waals surface area contributed by atoms with Crippen molar-refractivity contribution in [1.82, 2.24) is 15.0 Å². The van der Waals surface area contributed by atoms with Crippen LogP contribution in [0.25, 0.3) is 0 Å². The number of ether oxygens (including phenoxy) is 1. The van der Waals surface area contributed by atoms with Crippen molar-refractivity contribution < 1.29 is 22.7 Å². The van der Waals surface area contributed by atoms with Crippen LogP contribution in [0.4, 0.5) is 24.8 Å². The first-order chi connectivity index (χ1) is 16.5. The number of pyridine rings is 1. The Kier molecular flexibility index (Phi) is 7.19. The average molecular weight is 492 g/mol. The van der Waals surface area contributed by atoms with Crippen molar-refractivity contribution in [2.75, 3.05) is 17.2 Å². The molecule has 190 valence electrons. The van der Waals surface area contributed by atoms with Crippen LogP contribution in [0.15, 0.2) is 30.7 Å². The van der Waals surface area contributed by atoms with Gasteiger partial charge in [0.25, 0.3) is 5.91 Å². The molecule has 2 N–H and O–H groups in total. The third-order valence-electron chi connectivity index (χ3n) is 7.35. The highest BCUT2D eigenvalue weighted by molar-refractivity contribution is 6.03. The van der Waals surface area contributed by atoms with Gasteiger partial charge in [-0.05, 0) is 68.3 Å². The number of rotatable bonds is 7. The number of nitrogens with zero attached hydrogens (tertiary/aromatic N) is 3. The second kappa shape index (κ2) is 9.99. The molecule has 0 aliphatic heterocycles. The molecule has 2 saturated carbocycles. The van der Waals surface area contributed by atoms with Crippen molar-refractivity contribution in [3.05, 3.63) is 36.4 Å². The summed E-state index contributed by atoms with van der Waals surface area (Å²) in [4.78, 5) is 25.3. The van der Waals surface area contributed by atoms with Crippen LogP contribution >= 0.6 is 0 Å². The quantitative estimate of drug-likeness (QED) is 0.515. The Morgan fingerprint density at radius 1 is 1.20 bits per heavy atom. The number of anilines is 2. The largest absolute Gasteiger partial charge is 0.482 e. The highest BCUT2D eigenvalue weighted by atomic mass is 19.4. The van der Waals surface area contributed by atoms with E-state index in [0.29, 0.717) is 5.95 Å². The second-order valence-corrected chi connectivity index (χ2v) is 10.5. The normalized spacial score (nSPS) is 27.1. The van der Waals surface area contributed by atoms with Gasteiger partial charge in [-0.25, -0.2) is 9.97 Å². The van der Waals surface area contributed by atoms with Crippen molar-refractivity contribution in [1.29, 1.82) is 0 Å². The number of carbonyl (C=O) groups excluding carboxylic acids is 1. The Morgan fingerprint density at radius 3 is 2.60 bits per heavy atom. The van der Waals surface area contributed by atoms with E-state index in [0.717, 1.165) is 30.6 Å². The van der Waals surface area contributed by atoms with Gasteiger partial charge in [0.15, 0.2) is 6.61 Å². The van der Waals surface area contributed by atoms with Gasteiger partial charge in [-0.1, -0.05) is 13.8 Å². The van der Waals surface area contributed by atoms with Crippen molar-refractivity contribution in [2.24, 2.45) is 23.2 Å². The third kappa shape index (κ3) is 6.41. The molecule has 0 aromatic carbocycles. The lowest BCUT2D eigenvalue weighted by Crippen LogP contribution is -2.45. The SMILES string of the molecule is CC1CC2CC(C1)CC(C)(C(C)Nc1nccc(C(=O)Nc3cnccc3OCC(F)(F)F)n1)C2. The summed E-state index contributed by atoms with van der Waals surface area (Å²) in [5, 5.41) is 5.93. The van der Waals surface area contributed by atoms with Crippen molar-refractivity contribution in [2.45, 2.75) is 65.1 Å². The van der Waals surface area contributed by atoms with Crippen LogP contribution in [-0.4, -0.2) is 39.7 Å². The van der Waals surface area contributed by atoms with Gasteiger partial charge < -0.3 is 15.4 Å². The monoisotopic (exact) mass is 491 g/mol. The summed E-state index contributed by atoms with van der Waals surface area (Å²) >= 11 is 0. The summed E-state index contributed by atoms with van der Waals surface area (Å²) in [5.41, 5.74) is 0.217. The molecule has 7 nitrogen and oxygen atoms in total. The maximum absolute atomic E-state index is 12.8. The molecule has 10 heteroatoms. The molecule has 2 fully saturated rings. The molecule has 2 aliphatic rings. The molecule has 2 bridgehead atoms. The molecule has 2 aromatic rings. The molecule has 0 spiro atoms. The first-order valence-electron chi connectivity index (χ1n) is 12.1. The van der Waals surface area contributed by atoms with Gasteiger partial charge in [0.05, 0.1) is 6.20 Å². The lowest BCUT2D eigenvalue weighted by Gasteiger charge is -2.50. The van der Waals surface area contributed by atoms with Crippen molar-refractivity contribution >= 4 is 17.5 Å². The number of aromatic nitrogens is 3. The summed E-state index contributed by atoms with van der Waals surface area (Å²) in [6.07, 6.45) is 5.71. The highest BCUT2D eigenvalue weighted by Crippen LogP contribution is 2.51. The summed E-state index contributed by atoms with van der Waals surface area (Å²) < 4.78 is 42.4.